The summed E-state index contributed by atoms with van der Waals surface area (Å²) in [7, 11) is 1.69. The molecule has 134 valence electrons. The number of ether oxygens (including phenoxy) is 1. The van der Waals surface area contributed by atoms with Gasteiger partial charge >= 0.3 is 6.03 Å². The second kappa shape index (κ2) is 8.67. The number of piperidine rings is 1. The number of methoxy groups -OCH3 is 1. The quantitative estimate of drug-likeness (QED) is 0.878. The molecule has 0 radical (unpaired) electrons. The molecule has 6 nitrogen and oxygen atoms in total. The Balaban J connectivity index is 1.51. The van der Waals surface area contributed by atoms with Crippen LogP contribution in [0.15, 0.2) is 42.7 Å². The van der Waals surface area contributed by atoms with E-state index < -0.39 is 0 Å². The Morgan fingerprint density at radius 2 is 2.08 bits per heavy atom. The van der Waals surface area contributed by atoms with Gasteiger partial charge in [0.05, 0.1) is 6.61 Å². The number of amides is 2. The number of benzene rings is 1. The first-order chi connectivity index (χ1) is 12.3. The lowest BCUT2D eigenvalue weighted by molar-refractivity contribution is 0.175. The Labute approximate surface area is 148 Å². The lowest BCUT2D eigenvalue weighted by Crippen LogP contribution is -2.41. The molecule has 6 heteroatoms. The summed E-state index contributed by atoms with van der Waals surface area (Å²) in [6.07, 6.45) is 6.62. The summed E-state index contributed by atoms with van der Waals surface area (Å²) in [6, 6.07) is 9.85. The van der Waals surface area contributed by atoms with E-state index in [-0.39, 0.29) is 6.03 Å². The average Bonchev–Trinajstić information content (AvgIpc) is 3.14. The SMILES string of the molecule is COCCc1ccccc1NC(=O)N1CCC(Cn2cccn2)CC1. The van der Waals surface area contributed by atoms with Gasteiger partial charge in [0.1, 0.15) is 0 Å². The van der Waals surface area contributed by atoms with Crippen LogP contribution in [0.25, 0.3) is 0 Å². The van der Waals surface area contributed by atoms with Crippen LogP contribution in [0, 0.1) is 5.92 Å². The topological polar surface area (TPSA) is 59.4 Å². The number of nitrogens with zero attached hydrogens (tertiary/aromatic N) is 3. The van der Waals surface area contributed by atoms with E-state index in [1.165, 1.54) is 0 Å². The highest BCUT2D eigenvalue weighted by molar-refractivity contribution is 5.90. The van der Waals surface area contributed by atoms with E-state index in [2.05, 4.69) is 10.4 Å². The summed E-state index contributed by atoms with van der Waals surface area (Å²) in [5, 5.41) is 7.33. The number of hydrogen-bond donors (Lipinski definition) is 1. The Morgan fingerprint density at radius 3 is 2.80 bits per heavy atom. The molecule has 1 fully saturated rings. The molecule has 1 aromatic heterocycles. The average molecular weight is 342 g/mol. The summed E-state index contributed by atoms with van der Waals surface area (Å²) >= 11 is 0. The molecule has 2 aromatic rings. The zero-order valence-corrected chi connectivity index (χ0v) is 14.7. The highest BCUT2D eigenvalue weighted by Crippen LogP contribution is 2.21. The normalized spacial score (nSPS) is 15.3. The second-order valence-electron chi connectivity index (χ2n) is 6.49. The zero-order valence-electron chi connectivity index (χ0n) is 14.7. The summed E-state index contributed by atoms with van der Waals surface area (Å²) in [4.78, 5) is 14.5. The Morgan fingerprint density at radius 1 is 1.28 bits per heavy atom. The third-order valence-corrected chi connectivity index (χ3v) is 4.74. The van der Waals surface area contributed by atoms with Crippen LogP contribution < -0.4 is 5.32 Å². The first-order valence-electron chi connectivity index (χ1n) is 8.86. The predicted molar refractivity (Wildman–Crippen MR) is 97.6 cm³/mol. The van der Waals surface area contributed by atoms with Crippen LogP contribution in [-0.4, -0.2) is 47.5 Å². The molecule has 1 aromatic carbocycles. The van der Waals surface area contributed by atoms with E-state index >= 15 is 0 Å². The van der Waals surface area contributed by atoms with Crippen LogP contribution in [0.1, 0.15) is 18.4 Å². The van der Waals surface area contributed by atoms with Gasteiger partial charge < -0.3 is 15.0 Å². The maximum absolute atomic E-state index is 12.6. The lowest BCUT2D eigenvalue weighted by atomic mass is 9.97. The van der Waals surface area contributed by atoms with Crippen molar-refractivity contribution in [2.45, 2.75) is 25.8 Å². The molecular formula is C19H26N4O2. The second-order valence-corrected chi connectivity index (χ2v) is 6.49. The number of aromatic nitrogens is 2. The van der Waals surface area contributed by atoms with Gasteiger partial charge in [-0.25, -0.2) is 4.79 Å². The van der Waals surface area contributed by atoms with Gasteiger partial charge in [-0.3, -0.25) is 4.68 Å². The number of carbonyl (C=O) groups excluding carboxylic acids is 1. The molecule has 0 aliphatic carbocycles. The van der Waals surface area contributed by atoms with E-state index in [4.69, 9.17) is 4.74 Å². The fourth-order valence-corrected chi connectivity index (χ4v) is 3.26. The van der Waals surface area contributed by atoms with Crippen molar-refractivity contribution in [3.8, 4) is 0 Å². The molecule has 0 atom stereocenters. The number of anilines is 1. The maximum atomic E-state index is 12.6. The van der Waals surface area contributed by atoms with E-state index in [1.807, 2.05) is 52.3 Å². The standard InChI is InChI=1S/C19H26N4O2/c1-25-14-9-17-5-2-3-6-18(17)21-19(24)22-12-7-16(8-13-22)15-23-11-4-10-20-23/h2-6,10-11,16H,7-9,12-15H2,1H3,(H,21,24). The van der Waals surface area contributed by atoms with Gasteiger partial charge in [0.15, 0.2) is 0 Å². The third kappa shape index (κ3) is 4.82. The van der Waals surface area contributed by atoms with Gasteiger partial charge in [-0.05, 0) is 42.9 Å². The number of likely N-dealkylation sites (tertiary alicyclic amines) is 1. The molecule has 0 saturated carbocycles. The number of para-hydroxylation sites is 1. The third-order valence-electron chi connectivity index (χ3n) is 4.74. The maximum Gasteiger partial charge on any atom is 0.321 e. The lowest BCUT2D eigenvalue weighted by Gasteiger charge is -2.32. The largest absolute Gasteiger partial charge is 0.384 e. The van der Waals surface area contributed by atoms with Crippen LogP contribution in [-0.2, 0) is 17.7 Å². The molecule has 1 saturated heterocycles. The first kappa shape index (κ1) is 17.5. The van der Waals surface area contributed by atoms with Crippen LogP contribution in [0.2, 0.25) is 0 Å². The van der Waals surface area contributed by atoms with Gasteiger partial charge in [0.25, 0.3) is 0 Å². The molecule has 3 rings (SSSR count). The van der Waals surface area contributed by atoms with Gasteiger partial charge in [-0.1, -0.05) is 18.2 Å². The van der Waals surface area contributed by atoms with E-state index in [1.54, 1.807) is 7.11 Å². The highest BCUT2D eigenvalue weighted by Gasteiger charge is 2.23. The fourth-order valence-electron chi connectivity index (χ4n) is 3.26. The Hall–Kier alpha value is -2.34. The molecule has 1 aliphatic heterocycles. The number of nitrogens with one attached hydrogen (secondary N) is 1. The molecule has 25 heavy (non-hydrogen) atoms. The van der Waals surface area contributed by atoms with Crippen molar-refractivity contribution in [2.24, 2.45) is 5.92 Å². The van der Waals surface area contributed by atoms with E-state index in [0.717, 1.165) is 50.1 Å². The van der Waals surface area contributed by atoms with Crippen molar-refractivity contribution >= 4 is 11.7 Å². The molecule has 1 N–H and O–H groups in total. The first-order valence-corrected chi connectivity index (χ1v) is 8.86. The van der Waals surface area contributed by atoms with Gasteiger partial charge in [-0.2, -0.15) is 5.10 Å². The Bertz CT molecular complexity index is 664. The zero-order chi connectivity index (χ0) is 17.5. The fraction of sp³-hybridized carbons (Fsp3) is 0.474. The minimum atomic E-state index is -0.0117. The van der Waals surface area contributed by atoms with Crippen molar-refractivity contribution in [3.63, 3.8) is 0 Å². The number of carbonyl (C=O) groups is 1. The molecule has 0 unspecified atom stereocenters. The van der Waals surface area contributed by atoms with E-state index in [0.29, 0.717) is 12.5 Å². The van der Waals surface area contributed by atoms with Crippen molar-refractivity contribution in [2.75, 3.05) is 32.1 Å². The number of hydrogen-bond acceptors (Lipinski definition) is 3. The van der Waals surface area contributed by atoms with Crippen LogP contribution in [0.5, 0.6) is 0 Å². The minimum absolute atomic E-state index is 0.0117. The summed E-state index contributed by atoms with van der Waals surface area (Å²) in [5.74, 6) is 0.581. The van der Waals surface area contributed by atoms with Crippen molar-refractivity contribution < 1.29 is 9.53 Å². The molecule has 1 aliphatic rings. The van der Waals surface area contributed by atoms with Crippen LogP contribution in [0.3, 0.4) is 0 Å². The van der Waals surface area contributed by atoms with Gasteiger partial charge in [0, 0.05) is 44.8 Å². The Kier molecular flexibility index (Phi) is 6.06. The smallest absolute Gasteiger partial charge is 0.321 e. The van der Waals surface area contributed by atoms with E-state index in [9.17, 15) is 4.79 Å². The van der Waals surface area contributed by atoms with Gasteiger partial charge in [-0.15, -0.1) is 0 Å². The van der Waals surface area contributed by atoms with Crippen molar-refractivity contribution in [3.05, 3.63) is 48.3 Å². The summed E-state index contributed by atoms with van der Waals surface area (Å²) in [5.41, 5.74) is 1.98. The van der Waals surface area contributed by atoms with Crippen LogP contribution in [0.4, 0.5) is 10.5 Å². The highest BCUT2D eigenvalue weighted by atomic mass is 16.5. The molecule has 0 bridgehead atoms. The predicted octanol–water partition coefficient (Wildman–Crippen LogP) is 3.02. The summed E-state index contributed by atoms with van der Waals surface area (Å²) < 4.78 is 7.13. The van der Waals surface area contributed by atoms with Crippen molar-refractivity contribution in [1.29, 1.82) is 0 Å². The number of rotatable bonds is 6. The van der Waals surface area contributed by atoms with Crippen LogP contribution >= 0.6 is 0 Å². The number of urea groups is 1. The molecule has 2 amide bonds. The van der Waals surface area contributed by atoms with Gasteiger partial charge in [0.2, 0.25) is 0 Å². The summed E-state index contributed by atoms with van der Waals surface area (Å²) in [6.45, 7) is 3.16. The van der Waals surface area contributed by atoms with Crippen molar-refractivity contribution in [1.82, 2.24) is 14.7 Å². The minimum Gasteiger partial charge on any atom is -0.384 e. The molecular weight excluding hydrogens is 316 g/mol. The monoisotopic (exact) mass is 342 g/mol. The molecule has 2 heterocycles. The molecule has 0 spiro atoms.